The topological polar surface area (TPSA) is 67.0 Å². The van der Waals surface area contributed by atoms with Gasteiger partial charge in [0.05, 0.1) is 24.7 Å². The second-order valence-electron chi connectivity index (χ2n) is 8.68. The van der Waals surface area contributed by atoms with Gasteiger partial charge in [0.15, 0.2) is 5.82 Å². The van der Waals surface area contributed by atoms with Crippen LogP contribution < -0.4 is 9.64 Å². The van der Waals surface area contributed by atoms with Crippen LogP contribution in [0.5, 0.6) is 11.5 Å². The monoisotopic (exact) mass is 567 g/mol. The van der Waals surface area contributed by atoms with Gasteiger partial charge < -0.3 is 14.2 Å². The highest BCUT2D eigenvalue weighted by Crippen LogP contribution is 2.27. The van der Waals surface area contributed by atoms with Gasteiger partial charge in [-0.1, -0.05) is 52.3 Å². The van der Waals surface area contributed by atoms with Gasteiger partial charge in [0, 0.05) is 22.3 Å². The van der Waals surface area contributed by atoms with Crippen LogP contribution in [0.25, 0.3) is 0 Å². The Morgan fingerprint density at radius 3 is 2.34 bits per heavy atom. The fraction of sp³-hybridized carbons (Fsp3) is 0.100. The molecule has 0 amide bonds. The Labute approximate surface area is 228 Å². The molecule has 0 fully saturated rings. The SMILES string of the molecule is N#Cc1ccc(Cn2cnnc2CN(Cc2ccc(Br)cc2F)c2ccc(Oc3ccccc3)cc2)cc1. The molecule has 0 atom stereocenters. The zero-order chi connectivity index (χ0) is 26.3. The van der Waals surface area contributed by atoms with E-state index in [0.717, 1.165) is 22.8 Å². The number of ether oxygens (including phenoxy) is 1. The molecule has 6 nitrogen and oxygen atoms in total. The molecule has 0 spiro atoms. The molecule has 0 saturated heterocycles. The summed E-state index contributed by atoms with van der Waals surface area (Å²) in [6, 6.07) is 31.9. The van der Waals surface area contributed by atoms with Gasteiger partial charge in [-0.15, -0.1) is 10.2 Å². The van der Waals surface area contributed by atoms with Crippen LogP contribution in [0.15, 0.2) is 108 Å². The van der Waals surface area contributed by atoms with Gasteiger partial charge in [0.25, 0.3) is 0 Å². The number of hydrogen-bond acceptors (Lipinski definition) is 5. The van der Waals surface area contributed by atoms with Gasteiger partial charge in [0.2, 0.25) is 0 Å². The summed E-state index contributed by atoms with van der Waals surface area (Å²) in [7, 11) is 0. The summed E-state index contributed by atoms with van der Waals surface area (Å²) in [6.07, 6.45) is 1.68. The molecule has 0 N–H and O–H groups in total. The number of rotatable bonds is 9. The second-order valence-corrected chi connectivity index (χ2v) is 9.60. The Hall–Kier alpha value is -4.48. The van der Waals surface area contributed by atoms with E-state index in [9.17, 15) is 4.39 Å². The summed E-state index contributed by atoms with van der Waals surface area (Å²) < 4.78 is 23.4. The van der Waals surface area contributed by atoms with Crippen molar-refractivity contribution in [2.45, 2.75) is 19.6 Å². The molecular formula is C30H23BrFN5O. The fourth-order valence-electron chi connectivity index (χ4n) is 4.03. The van der Waals surface area contributed by atoms with Crippen molar-refractivity contribution in [1.82, 2.24) is 14.8 Å². The molecule has 0 aliphatic rings. The fourth-order valence-corrected chi connectivity index (χ4v) is 4.36. The first kappa shape index (κ1) is 25.2. The summed E-state index contributed by atoms with van der Waals surface area (Å²) in [5.74, 6) is 1.91. The van der Waals surface area contributed by atoms with Crippen molar-refractivity contribution in [3.05, 3.63) is 136 Å². The van der Waals surface area contributed by atoms with Gasteiger partial charge in [-0.3, -0.25) is 0 Å². The quantitative estimate of drug-likeness (QED) is 0.190. The molecule has 5 aromatic rings. The lowest BCUT2D eigenvalue weighted by molar-refractivity contribution is 0.482. The lowest BCUT2D eigenvalue weighted by atomic mass is 10.1. The highest BCUT2D eigenvalue weighted by Gasteiger charge is 2.16. The van der Waals surface area contributed by atoms with Gasteiger partial charge in [0.1, 0.15) is 23.6 Å². The van der Waals surface area contributed by atoms with E-state index in [1.165, 1.54) is 6.07 Å². The number of nitrogens with zero attached hydrogens (tertiary/aromatic N) is 5. The first-order chi connectivity index (χ1) is 18.6. The van der Waals surface area contributed by atoms with E-state index in [0.29, 0.717) is 41.0 Å². The summed E-state index contributed by atoms with van der Waals surface area (Å²) in [4.78, 5) is 2.05. The number of halogens is 2. The number of nitriles is 1. The molecule has 0 radical (unpaired) electrons. The minimum absolute atomic E-state index is 0.285. The lowest BCUT2D eigenvalue weighted by Gasteiger charge is -2.25. The Kier molecular flexibility index (Phi) is 7.76. The molecule has 0 bridgehead atoms. The van der Waals surface area contributed by atoms with Crippen LogP contribution in [-0.4, -0.2) is 14.8 Å². The maximum Gasteiger partial charge on any atom is 0.152 e. The Balaban J connectivity index is 1.40. The summed E-state index contributed by atoms with van der Waals surface area (Å²) in [5.41, 5.74) is 3.09. The maximum atomic E-state index is 14.8. The number of para-hydroxylation sites is 1. The minimum Gasteiger partial charge on any atom is -0.457 e. The zero-order valence-electron chi connectivity index (χ0n) is 20.3. The van der Waals surface area contributed by atoms with Crippen LogP contribution in [0.3, 0.4) is 0 Å². The predicted octanol–water partition coefficient (Wildman–Crippen LogP) is 7.10. The third-order valence-electron chi connectivity index (χ3n) is 6.02. The maximum absolute atomic E-state index is 14.8. The summed E-state index contributed by atoms with van der Waals surface area (Å²) in [5, 5.41) is 17.6. The molecule has 4 aromatic carbocycles. The molecule has 0 aliphatic carbocycles. The molecule has 0 unspecified atom stereocenters. The van der Waals surface area contributed by atoms with E-state index in [4.69, 9.17) is 10.00 Å². The van der Waals surface area contributed by atoms with E-state index >= 15 is 0 Å². The van der Waals surface area contributed by atoms with Crippen LogP contribution in [0, 0.1) is 17.1 Å². The average Bonchev–Trinajstić information content (AvgIpc) is 3.37. The van der Waals surface area contributed by atoms with Crippen molar-refractivity contribution in [3.63, 3.8) is 0 Å². The molecule has 8 heteroatoms. The molecule has 38 heavy (non-hydrogen) atoms. The number of hydrogen-bond donors (Lipinski definition) is 0. The molecule has 5 rings (SSSR count). The van der Waals surface area contributed by atoms with Crippen LogP contribution in [0.1, 0.15) is 22.5 Å². The van der Waals surface area contributed by atoms with Gasteiger partial charge in [-0.2, -0.15) is 5.26 Å². The molecule has 188 valence electrons. The zero-order valence-corrected chi connectivity index (χ0v) is 21.9. The molecular weight excluding hydrogens is 545 g/mol. The van der Waals surface area contributed by atoms with Gasteiger partial charge >= 0.3 is 0 Å². The van der Waals surface area contributed by atoms with Crippen molar-refractivity contribution >= 4 is 21.6 Å². The molecule has 1 heterocycles. The van der Waals surface area contributed by atoms with Crippen LogP contribution >= 0.6 is 15.9 Å². The van der Waals surface area contributed by atoms with E-state index in [1.54, 1.807) is 24.5 Å². The van der Waals surface area contributed by atoms with E-state index in [-0.39, 0.29) is 5.82 Å². The third-order valence-corrected chi connectivity index (χ3v) is 6.51. The van der Waals surface area contributed by atoms with Crippen molar-refractivity contribution in [2.24, 2.45) is 0 Å². The summed E-state index contributed by atoms with van der Waals surface area (Å²) >= 11 is 3.33. The number of aromatic nitrogens is 3. The van der Waals surface area contributed by atoms with Gasteiger partial charge in [-0.25, -0.2) is 4.39 Å². The van der Waals surface area contributed by atoms with Gasteiger partial charge in [-0.05, 0) is 66.2 Å². The first-order valence-electron chi connectivity index (χ1n) is 11.9. The van der Waals surface area contributed by atoms with Crippen LogP contribution in [0.2, 0.25) is 0 Å². The highest BCUT2D eigenvalue weighted by atomic mass is 79.9. The Morgan fingerprint density at radius 1 is 0.895 bits per heavy atom. The van der Waals surface area contributed by atoms with Crippen molar-refractivity contribution in [1.29, 1.82) is 5.26 Å². The molecule has 0 saturated carbocycles. The average molecular weight is 568 g/mol. The molecule has 1 aromatic heterocycles. The number of anilines is 1. The predicted molar refractivity (Wildman–Crippen MR) is 147 cm³/mol. The second kappa shape index (κ2) is 11.7. The van der Waals surface area contributed by atoms with E-state index in [1.807, 2.05) is 77.4 Å². The normalized spacial score (nSPS) is 10.7. The first-order valence-corrected chi connectivity index (χ1v) is 12.7. The highest BCUT2D eigenvalue weighted by molar-refractivity contribution is 9.10. The van der Waals surface area contributed by atoms with Crippen LogP contribution in [-0.2, 0) is 19.6 Å². The lowest BCUT2D eigenvalue weighted by Crippen LogP contribution is -2.25. The van der Waals surface area contributed by atoms with Crippen molar-refractivity contribution < 1.29 is 9.13 Å². The minimum atomic E-state index is -0.285. The summed E-state index contributed by atoms with van der Waals surface area (Å²) in [6.45, 7) is 1.30. The van der Waals surface area contributed by atoms with E-state index < -0.39 is 0 Å². The number of benzene rings is 4. The van der Waals surface area contributed by atoms with Crippen molar-refractivity contribution in [2.75, 3.05) is 4.90 Å². The van der Waals surface area contributed by atoms with Crippen molar-refractivity contribution in [3.8, 4) is 17.6 Å². The third kappa shape index (κ3) is 6.25. The Morgan fingerprint density at radius 2 is 1.63 bits per heavy atom. The van der Waals surface area contributed by atoms with Crippen LogP contribution in [0.4, 0.5) is 10.1 Å². The largest absolute Gasteiger partial charge is 0.457 e. The smallest absolute Gasteiger partial charge is 0.152 e. The Bertz CT molecular complexity index is 1550. The van der Waals surface area contributed by atoms with E-state index in [2.05, 4.69) is 37.1 Å². The molecule has 0 aliphatic heterocycles. The standard InChI is InChI=1S/C30H23BrFN5O/c31-25-11-10-24(29(32)16-25)19-36(26-12-14-28(15-13-26)38-27-4-2-1-3-5-27)20-30-35-34-21-37(30)18-23-8-6-22(17-33)7-9-23/h1-16,21H,18-20H2.